The van der Waals surface area contributed by atoms with Crippen molar-refractivity contribution in [2.75, 3.05) is 25.1 Å². The third-order valence-corrected chi connectivity index (χ3v) is 1.45. The summed E-state index contributed by atoms with van der Waals surface area (Å²) in [6.45, 7) is 6.23. The number of imidazole rings is 1. The Morgan fingerprint density at radius 3 is 3.08 bits per heavy atom. The molecule has 0 spiro atoms. The summed E-state index contributed by atoms with van der Waals surface area (Å²) in [5, 5.41) is 3.11. The molecule has 0 radical (unpaired) electrons. The summed E-state index contributed by atoms with van der Waals surface area (Å²) in [7, 11) is 0. The molecule has 0 aromatic carbocycles. The molecule has 4 nitrogen and oxygen atoms in total. The van der Waals surface area contributed by atoms with Crippen LogP contribution in [0.15, 0.2) is 6.20 Å². The lowest BCUT2D eigenvalue weighted by Gasteiger charge is -2.01. The van der Waals surface area contributed by atoms with E-state index in [0.29, 0.717) is 0 Å². The minimum atomic E-state index is 0.718. The fraction of sp³-hybridized carbons (Fsp3) is 0.625. The molecule has 12 heavy (non-hydrogen) atoms. The molecular weight excluding hydrogens is 154 g/mol. The number of rotatable bonds is 5. The van der Waals surface area contributed by atoms with Crippen LogP contribution >= 0.6 is 0 Å². The van der Waals surface area contributed by atoms with Gasteiger partial charge in [0, 0.05) is 25.0 Å². The predicted molar refractivity (Wildman–Crippen MR) is 48.3 cm³/mol. The molecule has 2 N–H and O–H groups in total. The number of aryl methyl sites for hydroxylation is 1. The molecule has 0 aliphatic heterocycles. The highest BCUT2D eigenvalue weighted by atomic mass is 16.5. The Hall–Kier alpha value is -1.03. The van der Waals surface area contributed by atoms with E-state index in [1.807, 2.05) is 13.8 Å². The zero-order valence-corrected chi connectivity index (χ0v) is 7.55. The molecule has 4 heteroatoms. The van der Waals surface area contributed by atoms with Crippen molar-refractivity contribution in [2.24, 2.45) is 0 Å². The highest BCUT2D eigenvalue weighted by Crippen LogP contribution is 1.98. The Morgan fingerprint density at radius 1 is 1.67 bits per heavy atom. The van der Waals surface area contributed by atoms with Crippen LogP contribution in [-0.4, -0.2) is 29.7 Å². The normalized spacial score (nSPS) is 10.2. The maximum absolute atomic E-state index is 5.16. The fourth-order valence-electron chi connectivity index (χ4n) is 0.888. The van der Waals surface area contributed by atoms with E-state index in [9.17, 15) is 0 Å². The van der Waals surface area contributed by atoms with E-state index in [-0.39, 0.29) is 0 Å². The molecule has 0 saturated heterocycles. The average molecular weight is 169 g/mol. The van der Waals surface area contributed by atoms with Crippen molar-refractivity contribution < 1.29 is 4.74 Å². The summed E-state index contributed by atoms with van der Waals surface area (Å²) < 4.78 is 5.16. The van der Waals surface area contributed by atoms with E-state index in [1.165, 1.54) is 0 Å². The van der Waals surface area contributed by atoms with Gasteiger partial charge in [-0.1, -0.05) is 0 Å². The Balaban J connectivity index is 2.15. The standard InChI is InChI=1S/C8H15N3O/c1-3-12-5-4-9-8-10-6-7(2)11-8/h6H,3-5H2,1-2H3,(H2,9,10,11). The maximum atomic E-state index is 5.16. The zero-order valence-electron chi connectivity index (χ0n) is 7.55. The third-order valence-electron chi connectivity index (χ3n) is 1.45. The van der Waals surface area contributed by atoms with Gasteiger partial charge in [-0.3, -0.25) is 0 Å². The van der Waals surface area contributed by atoms with Gasteiger partial charge in [0.05, 0.1) is 6.61 Å². The summed E-state index contributed by atoms with van der Waals surface area (Å²) >= 11 is 0. The first-order valence-electron chi connectivity index (χ1n) is 4.16. The molecular formula is C8H15N3O. The van der Waals surface area contributed by atoms with E-state index in [2.05, 4.69) is 15.3 Å². The molecule has 0 bridgehead atoms. The number of H-pyrrole nitrogens is 1. The van der Waals surface area contributed by atoms with Crippen LogP contribution in [0, 0.1) is 6.92 Å². The van der Waals surface area contributed by atoms with E-state index < -0.39 is 0 Å². The summed E-state index contributed by atoms with van der Waals surface area (Å²) in [5.41, 5.74) is 1.06. The van der Waals surface area contributed by atoms with Gasteiger partial charge in [0.2, 0.25) is 0 Å². The number of ether oxygens (including phenoxy) is 1. The van der Waals surface area contributed by atoms with Crippen molar-refractivity contribution in [3.05, 3.63) is 11.9 Å². The molecule has 1 heterocycles. The predicted octanol–water partition coefficient (Wildman–Crippen LogP) is 1.17. The van der Waals surface area contributed by atoms with Crippen LogP contribution < -0.4 is 5.32 Å². The van der Waals surface area contributed by atoms with Crippen molar-refractivity contribution in [2.45, 2.75) is 13.8 Å². The van der Waals surface area contributed by atoms with Crippen LogP contribution in [0.2, 0.25) is 0 Å². The second kappa shape index (κ2) is 4.77. The molecule has 1 aromatic rings. The van der Waals surface area contributed by atoms with Crippen molar-refractivity contribution in [1.82, 2.24) is 9.97 Å². The summed E-state index contributed by atoms with van der Waals surface area (Å²) in [6, 6.07) is 0. The first-order valence-corrected chi connectivity index (χ1v) is 4.16. The number of aromatic amines is 1. The Kier molecular flexibility index (Phi) is 3.60. The van der Waals surface area contributed by atoms with Crippen LogP contribution in [0.5, 0.6) is 0 Å². The molecule has 1 rings (SSSR count). The average Bonchev–Trinajstić information content (AvgIpc) is 2.45. The van der Waals surface area contributed by atoms with Crippen molar-refractivity contribution in [3.63, 3.8) is 0 Å². The minimum Gasteiger partial charge on any atom is -0.380 e. The molecule has 0 aliphatic carbocycles. The topological polar surface area (TPSA) is 49.9 Å². The van der Waals surface area contributed by atoms with Gasteiger partial charge in [0.1, 0.15) is 0 Å². The monoisotopic (exact) mass is 169 g/mol. The first-order chi connectivity index (χ1) is 5.83. The lowest BCUT2D eigenvalue weighted by atomic mass is 10.6. The molecule has 1 aromatic heterocycles. The second-order valence-electron chi connectivity index (χ2n) is 2.54. The molecule has 0 fully saturated rings. The molecule has 0 amide bonds. The second-order valence-corrected chi connectivity index (χ2v) is 2.54. The quantitative estimate of drug-likeness (QED) is 0.650. The summed E-state index contributed by atoms with van der Waals surface area (Å²) in [5.74, 6) is 0.812. The van der Waals surface area contributed by atoms with Gasteiger partial charge in [-0.2, -0.15) is 0 Å². The molecule has 0 aliphatic rings. The largest absolute Gasteiger partial charge is 0.380 e. The van der Waals surface area contributed by atoms with Crippen molar-refractivity contribution in [3.8, 4) is 0 Å². The lowest BCUT2D eigenvalue weighted by molar-refractivity contribution is 0.158. The summed E-state index contributed by atoms with van der Waals surface area (Å²) in [6.07, 6.45) is 1.79. The molecule has 68 valence electrons. The highest BCUT2D eigenvalue weighted by Gasteiger charge is 1.93. The lowest BCUT2D eigenvalue weighted by Crippen LogP contribution is -2.09. The van der Waals surface area contributed by atoms with Gasteiger partial charge in [-0.15, -0.1) is 0 Å². The molecule has 0 unspecified atom stereocenters. The number of hydrogen-bond donors (Lipinski definition) is 2. The molecule has 0 saturated carbocycles. The Morgan fingerprint density at radius 2 is 2.50 bits per heavy atom. The summed E-state index contributed by atoms with van der Waals surface area (Å²) in [4.78, 5) is 7.17. The Bertz CT molecular complexity index is 222. The van der Waals surface area contributed by atoms with E-state index in [1.54, 1.807) is 6.20 Å². The van der Waals surface area contributed by atoms with Crippen LogP contribution in [-0.2, 0) is 4.74 Å². The Labute approximate surface area is 72.3 Å². The van der Waals surface area contributed by atoms with E-state index in [4.69, 9.17) is 4.74 Å². The van der Waals surface area contributed by atoms with E-state index in [0.717, 1.165) is 31.4 Å². The van der Waals surface area contributed by atoms with Gasteiger partial charge in [-0.05, 0) is 13.8 Å². The highest BCUT2D eigenvalue weighted by molar-refractivity contribution is 5.25. The van der Waals surface area contributed by atoms with Gasteiger partial charge >= 0.3 is 0 Å². The van der Waals surface area contributed by atoms with Crippen LogP contribution in [0.1, 0.15) is 12.6 Å². The number of aromatic nitrogens is 2. The molecule has 0 atom stereocenters. The van der Waals surface area contributed by atoms with Crippen LogP contribution in [0.25, 0.3) is 0 Å². The van der Waals surface area contributed by atoms with Gasteiger partial charge < -0.3 is 15.0 Å². The van der Waals surface area contributed by atoms with E-state index >= 15 is 0 Å². The smallest absolute Gasteiger partial charge is 0.200 e. The SMILES string of the molecule is CCOCCNc1ncc(C)[nH]1. The maximum Gasteiger partial charge on any atom is 0.200 e. The minimum absolute atomic E-state index is 0.718. The zero-order chi connectivity index (χ0) is 8.81. The first kappa shape index (κ1) is 9.06. The van der Waals surface area contributed by atoms with Crippen LogP contribution in [0.4, 0.5) is 5.95 Å². The third kappa shape index (κ3) is 2.92. The van der Waals surface area contributed by atoms with Crippen LogP contribution in [0.3, 0.4) is 0 Å². The number of hydrogen-bond acceptors (Lipinski definition) is 3. The van der Waals surface area contributed by atoms with Crippen molar-refractivity contribution in [1.29, 1.82) is 0 Å². The van der Waals surface area contributed by atoms with Gasteiger partial charge in [0.25, 0.3) is 0 Å². The number of nitrogens with zero attached hydrogens (tertiary/aromatic N) is 1. The van der Waals surface area contributed by atoms with Gasteiger partial charge in [0.15, 0.2) is 5.95 Å². The van der Waals surface area contributed by atoms with Crippen molar-refractivity contribution >= 4 is 5.95 Å². The van der Waals surface area contributed by atoms with Gasteiger partial charge in [-0.25, -0.2) is 4.98 Å². The fourth-order valence-corrected chi connectivity index (χ4v) is 0.888. The number of anilines is 1. The number of nitrogens with one attached hydrogen (secondary N) is 2.